The molecule has 0 saturated carbocycles. The maximum absolute atomic E-state index is 5.96. The third kappa shape index (κ3) is 3.96. The van der Waals surface area contributed by atoms with Gasteiger partial charge in [0.2, 0.25) is 0 Å². The summed E-state index contributed by atoms with van der Waals surface area (Å²) in [6, 6.07) is 1.94. The van der Waals surface area contributed by atoms with Gasteiger partial charge < -0.3 is 14.8 Å². The summed E-state index contributed by atoms with van der Waals surface area (Å²) in [5.74, 6) is 1.58. The second kappa shape index (κ2) is 6.71. The van der Waals surface area contributed by atoms with Crippen molar-refractivity contribution in [2.45, 2.75) is 32.9 Å². The third-order valence-corrected chi connectivity index (χ3v) is 2.91. The topological polar surface area (TPSA) is 43.4 Å². The molecule has 1 fully saturated rings. The van der Waals surface area contributed by atoms with Gasteiger partial charge in [-0.25, -0.2) is 0 Å². The van der Waals surface area contributed by atoms with E-state index in [0.29, 0.717) is 12.5 Å². The lowest BCUT2D eigenvalue weighted by atomic mass is 10.2. The summed E-state index contributed by atoms with van der Waals surface area (Å²) in [6.07, 6.45) is 4.81. The van der Waals surface area contributed by atoms with Gasteiger partial charge in [0.05, 0.1) is 13.2 Å². The highest BCUT2D eigenvalue weighted by molar-refractivity contribution is 5.30. The van der Waals surface area contributed by atoms with Crippen molar-refractivity contribution in [1.82, 2.24) is 10.3 Å². The van der Waals surface area contributed by atoms with E-state index in [4.69, 9.17) is 9.47 Å². The Bertz CT molecular complexity index is 363. The Kier molecular flexibility index (Phi) is 4.96. The Morgan fingerprint density at radius 1 is 1.56 bits per heavy atom. The van der Waals surface area contributed by atoms with Crippen molar-refractivity contribution in [3.63, 3.8) is 0 Å². The first-order chi connectivity index (χ1) is 8.75. The van der Waals surface area contributed by atoms with Crippen molar-refractivity contribution in [3.8, 4) is 5.75 Å². The Labute approximate surface area is 109 Å². The van der Waals surface area contributed by atoms with Crippen LogP contribution in [0.1, 0.15) is 25.8 Å². The van der Waals surface area contributed by atoms with Crippen LogP contribution >= 0.6 is 0 Å². The lowest BCUT2D eigenvalue weighted by Gasteiger charge is -2.16. The average molecular weight is 250 g/mol. The maximum atomic E-state index is 5.96. The first-order valence-electron chi connectivity index (χ1n) is 6.63. The number of aromatic nitrogens is 1. The van der Waals surface area contributed by atoms with Crippen LogP contribution in [0.15, 0.2) is 18.5 Å². The van der Waals surface area contributed by atoms with Gasteiger partial charge in [-0.2, -0.15) is 0 Å². The molecule has 2 heterocycles. The summed E-state index contributed by atoms with van der Waals surface area (Å²) in [7, 11) is 0. The predicted octanol–water partition coefficient (Wildman–Crippen LogP) is 1.99. The zero-order valence-corrected chi connectivity index (χ0v) is 11.2. The van der Waals surface area contributed by atoms with Crippen molar-refractivity contribution in [3.05, 3.63) is 24.0 Å². The number of hydrogen-bond donors (Lipinski definition) is 1. The Balaban J connectivity index is 1.91. The molecule has 100 valence electrons. The second-order valence-corrected chi connectivity index (χ2v) is 5.11. The summed E-state index contributed by atoms with van der Waals surface area (Å²) in [5, 5.41) is 3.42. The highest BCUT2D eigenvalue weighted by atomic mass is 16.5. The summed E-state index contributed by atoms with van der Waals surface area (Å²) >= 11 is 0. The molecule has 4 nitrogen and oxygen atoms in total. The molecule has 1 saturated heterocycles. The molecule has 1 aromatic heterocycles. The van der Waals surface area contributed by atoms with Crippen LogP contribution < -0.4 is 10.1 Å². The molecule has 0 spiro atoms. The van der Waals surface area contributed by atoms with E-state index in [0.717, 1.165) is 37.4 Å². The van der Waals surface area contributed by atoms with Gasteiger partial charge in [-0.15, -0.1) is 0 Å². The van der Waals surface area contributed by atoms with Gasteiger partial charge in [0, 0.05) is 30.9 Å². The SMILES string of the molecule is CC(C)CNCc1cnccc1OC1CCOC1. The molecular formula is C14H22N2O2. The fourth-order valence-electron chi connectivity index (χ4n) is 1.94. The van der Waals surface area contributed by atoms with Crippen molar-refractivity contribution >= 4 is 0 Å². The van der Waals surface area contributed by atoms with Crippen LogP contribution in [0.25, 0.3) is 0 Å². The van der Waals surface area contributed by atoms with Gasteiger partial charge in [0.15, 0.2) is 0 Å². The van der Waals surface area contributed by atoms with Crippen LogP contribution in [0.2, 0.25) is 0 Å². The number of pyridine rings is 1. The van der Waals surface area contributed by atoms with E-state index < -0.39 is 0 Å². The molecule has 0 bridgehead atoms. The van der Waals surface area contributed by atoms with Crippen molar-refractivity contribution < 1.29 is 9.47 Å². The number of hydrogen-bond acceptors (Lipinski definition) is 4. The summed E-state index contributed by atoms with van der Waals surface area (Å²) in [5.41, 5.74) is 1.12. The standard InChI is InChI=1S/C14H22N2O2/c1-11(2)7-16-9-12-8-15-5-3-14(12)18-13-4-6-17-10-13/h3,5,8,11,13,16H,4,6-7,9-10H2,1-2H3. The van der Waals surface area contributed by atoms with Crippen LogP contribution in [0.5, 0.6) is 5.75 Å². The first kappa shape index (κ1) is 13.3. The molecule has 4 heteroatoms. The van der Waals surface area contributed by atoms with Crippen molar-refractivity contribution in [1.29, 1.82) is 0 Å². The molecule has 1 N–H and O–H groups in total. The fraction of sp³-hybridized carbons (Fsp3) is 0.643. The lowest BCUT2D eigenvalue weighted by Crippen LogP contribution is -2.21. The third-order valence-electron chi connectivity index (χ3n) is 2.91. The molecule has 1 aliphatic rings. The minimum Gasteiger partial charge on any atom is -0.487 e. The van der Waals surface area contributed by atoms with E-state index in [1.54, 1.807) is 6.20 Å². The number of nitrogens with zero attached hydrogens (tertiary/aromatic N) is 1. The predicted molar refractivity (Wildman–Crippen MR) is 70.6 cm³/mol. The summed E-state index contributed by atoms with van der Waals surface area (Å²) in [4.78, 5) is 4.17. The first-order valence-corrected chi connectivity index (χ1v) is 6.63. The van der Waals surface area contributed by atoms with Crippen LogP contribution in [-0.2, 0) is 11.3 Å². The van der Waals surface area contributed by atoms with Gasteiger partial charge >= 0.3 is 0 Å². The van der Waals surface area contributed by atoms with Crippen LogP contribution in [-0.4, -0.2) is 30.8 Å². The monoisotopic (exact) mass is 250 g/mol. The molecule has 0 amide bonds. The molecular weight excluding hydrogens is 228 g/mol. The zero-order chi connectivity index (χ0) is 12.8. The molecule has 0 radical (unpaired) electrons. The molecule has 1 unspecified atom stereocenters. The number of ether oxygens (including phenoxy) is 2. The van der Waals surface area contributed by atoms with E-state index in [9.17, 15) is 0 Å². The van der Waals surface area contributed by atoms with E-state index in [1.165, 1.54) is 0 Å². The maximum Gasteiger partial charge on any atom is 0.127 e. The Morgan fingerprint density at radius 2 is 2.44 bits per heavy atom. The highest BCUT2D eigenvalue weighted by Crippen LogP contribution is 2.20. The average Bonchev–Trinajstić information content (AvgIpc) is 2.84. The molecule has 1 aliphatic heterocycles. The van der Waals surface area contributed by atoms with Crippen molar-refractivity contribution in [2.75, 3.05) is 19.8 Å². The molecule has 2 rings (SSSR count). The fourth-order valence-corrected chi connectivity index (χ4v) is 1.94. The minimum absolute atomic E-state index is 0.191. The van der Waals surface area contributed by atoms with Crippen LogP contribution in [0.3, 0.4) is 0 Å². The zero-order valence-electron chi connectivity index (χ0n) is 11.2. The van der Waals surface area contributed by atoms with E-state index >= 15 is 0 Å². The van der Waals surface area contributed by atoms with E-state index in [2.05, 4.69) is 24.1 Å². The van der Waals surface area contributed by atoms with Gasteiger partial charge in [-0.05, 0) is 18.5 Å². The van der Waals surface area contributed by atoms with Crippen LogP contribution in [0, 0.1) is 5.92 Å². The molecule has 18 heavy (non-hydrogen) atoms. The van der Waals surface area contributed by atoms with E-state index in [1.807, 2.05) is 12.3 Å². The van der Waals surface area contributed by atoms with Gasteiger partial charge in [0.1, 0.15) is 11.9 Å². The quantitative estimate of drug-likeness (QED) is 0.838. The van der Waals surface area contributed by atoms with Crippen LogP contribution in [0.4, 0.5) is 0 Å². The normalized spacial score (nSPS) is 19.4. The van der Waals surface area contributed by atoms with Gasteiger partial charge in [0.25, 0.3) is 0 Å². The molecule has 0 aliphatic carbocycles. The Hall–Kier alpha value is -1.13. The summed E-state index contributed by atoms with van der Waals surface area (Å²) in [6.45, 7) is 7.70. The number of nitrogens with one attached hydrogen (secondary N) is 1. The summed E-state index contributed by atoms with van der Waals surface area (Å²) < 4.78 is 11.3. The smallest absolute Gasteiger partial charge is 0.127 e. The molecule has 1 aromatic rings. The number of rotatable bonds is 6. The molecule has 0 aromatic carbocycles. The minimum atomic E-state index is 0.191. The highest BCUT2D eigenvalue weighted by Gasteiger charge is 2.18. The second-order valence-electron chi connectivity index (χ2n) is 5.11. The largest absolute Gasteiger partial charge is 0.487 e. The Morgan fingerprint density at radius 3 is 3.17 bits per heavy atom. The van der Waals surface area contributed by atoms with E-state index in [-0.39, 0.29) is 6.10 Å². The van der Waals surface area contributed by atoms with Crippen molar-refractivity contribution in [2.24, 2.45) is 5.92 Å². The van der Waals surface area contributed by atoms with Gasteiger partial charge in [-0.3, -0.25) is 4.98 Å². The van der Waals surface area contributed by atoms with Gasteiger partial charge in [-0.1, -0.05) is 13.8 Å². The lowest BCUT2D eigenvalue weighted by molar-refractivity contribution is 0.140. The molecule has 1 atom stereocenters.